The lowest BCUT2D eigenvalue weighted by Crippen LogP contribution is -2.69. The Labute approximate surface area is 183 Å². The number of halogens is 1. The van der Waals surface area contributed by atoms with Gasteiger partial charge in [0.25, 0.3) is 0 Å². The number of ketones is 1. The number of carbonyl (C=O) groups excluding carboxylic acids is 1. The maximum Gasteiger partial charge on any atom is 0.192 e. The molecule has 0 heterocycles. The molecule has 0 aliphatic heterocycles. The zero-order valence-electron chi connectivity index (χ0n) is 18.4. The first kappa shape index (κ1) is 22.1. The molecule has 0 aromatic carbocycles. The Morgan fingerprint density at radius 2 is 2.00 bits per heavy atom. The zero-order valence-corrected chi connectivity index (χ0v) is 19.3. The second kappa shape index (κ2) is 6.69. The van der Waals surface area contributed by atoms with E-state index in [-0.39, 0.29) is 35.2 Å². The second-order valence-corrected chi connectivity index (χ2v) is 11.0. The topological polar surface area (TPSA) is 66.8 Å². The molecule has 30 heavy (non-hydrogen) atoms. The quantitative estimate of drug-likeness (QED) is 0.639. The van der Waals surface area contributed by atoms with E-state index < -0.39 is 34.1 Å². The van der Waals surface area contributed by atoms with Crippen LogP contribution in [0.4, 0.5) is 4.39 Å². The normalized spacial score (nSPS) is 49.9. The fraction of sp³-hybridized carbons (Fsp3) is 0.750. The van der Waals surface area contributed by atoms with Crippen LogP contribution >= 0.6 is 12.2 Å². The van der Waals surface area contributed by atoms with Gasteiger partial charge in [-0.3, -0.25) is 4.79 Å². The molecule has 4 aliphatic carbocycles. The average molecular weight is 437 g/mol. The number of alkyl halides is 1. The average Bonchev–Trinajstić information content (AvgIpc) is 2.85. The summed E-state index contributed by atoms with van der Waals surface area (Å²) in [5.74, 6) is -0.921. The van der Waals surface area contributed by atoms with Crippen LogP contribution in [0.1, 0.15) is 60.3 Å². The van der Waals surface area contributed by atoms with Gasteiger partial charge in [-0.05, 0) is 82.7 Å². The molecule has 8 atom stereocenters. The summed E-state index contributed by atoms with van der Waals surface area (Å²) in [6.07, 6.45) is 5.03. The van der Waals surface area contributed by atoms with Crippen LogP contribution in [0, 0.1) is 28.6 Å². The number of rotatable bonds is 2. The minimum atomic E-state index is -1.90. The van der Waals surface area contributed by atoms with Gasteiger partial charge < -0.3 is 14.9 Å². The maximum absolute atomic E-state index is 17.1. The molecule has 0 unspecified atom stereocenters. The summed E-state index contributed by atoms with van der Waals surface area (Å²) < 4.78 is 22.8. The van der Waals surface area contributed by atoms with Crippen LogP contribution in [0.3, 0.4) is 0 Å². The molecule has 0 aromatic heterocycles. The number of ether oxygens (including phenoxy) is 1. The number of hydrogen-bond acceptors (Lipinski definition) is 5. The molecule has 3 fully saturated rings. The van der Waals surface area contributed by atoms with Crippen LogP contribution in [-0.2, 0) is 9.53 Å². The van der Waals surface area contributed by atoms with Crippen molar-refractivity contribution in [3.8, 4) is 0 Å². The van der Waals surface area contributed by atoms with Crippen molar-refractivity contribution >= 4 is 23.1 Å². The molecule has 0 bridgehead atoms. The van der Waals surface area contributed by atoms with Gasteiger partial charge in [0, 0.05) is 16.7 Å². The molecule has 4 nitrogen and oxygen atoms in total. The van der Waals surface area contributed by atoms with Crippen molar-refractivity contribution in [1.29, 1.82) is 0 Å². The summed E-state index contributed by atoms with van der Waals surface area (Å²) in [6.45, 7) is 9.42. The summed E-state index contributed by atoms with van der Waals surface area (Å²) in [4.78, 5) is 11.9. The smallest absolute Gasteiger partial charge is 0.192 e. The number of thiocarbonyl (C=S) groups is 1. The van der Waals surface area contributed by atoms with Gasteiger partial charge in [-0.2, -0.15) is 0 Å². The van der Waals surface area contributed by atoms with Crippen molar-refractivity contribution in [3.05, 3.63) is 23.8 Å². The number of aliphatic hydroxyl groups is 2. The Hall–Kier alpha value is -1.11. The van der Waals surface area contributed by atoms with Crippen LogP contribution in [0.5, 0.6) is 0 Å². The van der Waals surface area contributed by atoms with E-state index in [1.807, 2.05) is 27.7 Å². The molecule has 6 heteroatoms. The molecule has 2 N–H and O–H groups in total. The summed E-state index contributed by atoms with van der Waals surface area (Å²) in [7, 11) is 0. The third-order valence-electron chi connectivity index (χ3n) is 8.88. The van der Waals surface area contributed by atoms with Gasteiger partial charge in [-0.1, -0.05) is 25.5 Å². The highest BCUT2D eigenvalue weighted by atomic mass is 32.1. The molecular formula is C24H33FO4S. The van der Waals surface area contributed by atoms with Gasteiger partial charge in [0.2, 0.25) is 0 Å². The molecule has 0 aromatic rings. The van der Waals surface area contributed by atoms with Crippen LogP contribution in [0.25, 0.3) is 0 Å². The van der Waals surface area contributed by atoms with E-state index in [0.29, 0.717) is 19.3 Å². The van der Waals surface area contributed by atoms with Gasteiger partial charge in [0.15, 0.2) is 16.5 Å². The number of hydrogen-bond donors (Lipinski definition) is 2. The van der Waals surface area contributed by atoms with Crippen molar-refractivity contribution in [1.82, 2.24) is 0 Å². The molecular weight excluding hydrogens is 403 g/mol. The largest absolute Gasteiger partial charge is 0.482 e. The van der Waals surface area contributed by atoms with E-state index in [0.717, 1.165) is 5.57 Å². The van der Waals surface area contributed by atoms with Crippen molar-refractivity contribution in [2.45, 2.75) is 83.8 Å². The highest BCUT2D eigenvalue weighted by Gasteiger charge is 2.75. The highest BCUT2D eigenvalue weighted by molar-refractivity contribution is 7.80. The molecule has 0 amide bonds. The number of fused-ring (bicyclic) bond motifs is 5. The minimum Gasteiger partial charge on any atom is -0.482 e. The lowest BCUT2D eigenvalue weighted by Gasteiger charge is -2.62. The van der Waals surface area contributed by atoms with E-state index in [2.05, 4.69) is 0 Å². The van der Waals surface area contributed by atoms with Crippen LogP contribution in [-0.4, -0.2) is 44.5 Å². The Balaban J connectivity index is 1.79. The lowest BCUT2D eigenvalue weighted by atomic mass is 9.45. The van der Waals surface area contributed by atoms with Gasteiger partial charge in [0.05, 0.1) is 12.2 Å². The number of allylic oxidation sites excluding steroid dienone is 4. The molecule has 4 rings (SSSR count). The third kappa shape index (κ3) is 2.50. The van der Waals surface area contributed by atoms with Gasteiger partial charge in [0.1, 0.15) is 5.60 Å². The van der Waals surface area contributed by atoms with Crippen molar-refractivity contribution in [2.24, 2.45) is 28.6 Å². The third-order valence-corrected chi connectivity index (χ3v) is 9.28. The van der Waals surface area contributed by atoms with Crippen molar-refractivity contribution in [3.63, 3.8) is 0 Å². The van der Waals surface area contributed by atoms with Gasteiger partial charge >= 0.3 is 0 Å². The standard InChI is InChI=1S/C24H33FO4S/c1-13(2)29-20(30)24(28)14(3)10-18-17-7-6-15-11-16(26)8-9-21(15,4)23(17,25)19(27)12-22(18,24)5/h8-9,11,13-14,17-19,27-28H,6-7,10,12H2,1-5H3/t14-,17-,18-,19-,21-,22-,23-,24-/m0/s1. The van der Waals surface area contributed by atoms with E-state index >= 15 is 4.39 Å². The minimum absolute atomic E-state index is 0.0950. The van der Waals surface area contributed by atoms with E-state index in [1.54, 1.807) is 13.0 Å². The maximum atomic E-state index is 17.1. The molecule has 0 saturated heterocycles. The zero-order chi connectivity index (χ0) is 22.3. The first-order chi connectivity index (χ1) is 13.8. The van der Waals surface area contributed by atoms with Crippen LogP contribution < -0.4 is 0 Å². The Kier molecular flexibility index (Phi) is 4.93. The Morgan fingerprint density at radius 1 is 1.33 bits per heavy atom. The summed E-state index contributed by atoms with van der Waals surface area (Å²) in [5.41, 5.74) is -4.36. The lowest BCUT2D eigenvalue weighted by molar-refractivity contribution is -0.210. The summed E-state index contributed by atoms with van der Waals surface area (Å²) in [6, 6.07) is 0. The Morgan fingerprint density at radius 3 is 2.63 bits per heavy atom. The summed E-state index contributed by atoms with van der Waals surface area (Å²) in [5, 5.41) is 23.3. The summed E-state index contributed by atoms with van der Waals surface area (Å²) >= 11 is 5.56. The van der Waals surface area contributed by atoms with Crippen LogP contribution in [0.15, 0.2) is 23.8 Å². The fourth-order valence-electron chi connectivity index (χ4n) is 7.29. The van der Waals surface area contributed by atoms with Gasteiger partial charge in [-0.25, -0.2) is 4.39 Å². The van der Waals surface area contributed by atoms with Crippen molar-refractivity contribution in [2.75, 3.05) is 0 Å². The second-order valence-electron chi connectivity index (χ2n) is 10.6. The molecule has 3 saturated carbocycles. The SMILES string of the molecule is CC(C)OC(=S)[C@@]1(O)[C@@H](C)C[C@H]2[C@@H]3CCC4=CC(=O)C=C[C@]4(C)[C@@]3(F)[C@@H](O)C[C@@]21C. The molecule has 0 radical (unpaired) electrons. The van der Waals surface area contributed by atoms with Crippen LogP contribution in [0.2, 0.25) is 0 Å². The van der Waals surface area contributed by atoms with E-state index in [1.165, 1.54) is 12.2 Å². The predicted molar refractivity (Wildman–Crippen MR) is 117 cm³/mol. The van der Waals surface area contributed by atoms with E-state index in [9.17, 15) is 15.0 Å². The Bertz CT molecular complexity index is 852. The van der Waals surface area contributed by atoms with E-state index in [4.69, 9.17) is 17.0 Å². The number of aliphatic hydroxyl groups excluding tert-OH is 1. The first-order valence-electron chi connectivity index (χ1n) is 11.1. The predicted octanol–water partition coefficient (Wildman–Crippen LogP) is 4.09. The first-order valence-corrected chi connectivity index (χ1v) is 11.5. The fourth-order valence-corrected chi connectivity index (χ4v) is 7.91. The highest BCUT2D eigenvalue weighted by Crippen LogP contribution is 2.70. The molecule has 166 valence electrons. The molecule has 0 spiro atoms. The number of carbonyl (C=O) groups is 1. The van der Waals surface area contributed by atoms with Gasteiger partial charge in [-0.15, -0.1) is 0 Å². The monoisotopic (exact) mass is 436 g/mol. The molecule has 4 aliphatic rings. The van der Waals surface area contributed by atoms with Crippen molar-refractivity contribution < 1.29 is 24.1 Å².